The Morgan fingerprint density at radius 1 is 1.11 bits per heavy atom. The summed E-state index contributed by atoms with van der Waals surface area (Å²) in [5, 5.41) is 2.52. The van der Waals surface area contributed by atoms with Crippen molar-refractivity contribution in [2.24, 2.45) is 5.73 Å². The number of carbonyl (C=O) groups excluding carboxylic acids is 3. The fourth-order valence-corrected chi connectivity index (χ4v) is 4.65. The van der Waals surface area contributed by atoms with Crippen molar-refractivity contribution in [2.75, 3.05) is 5.32 Å². The zero-order chi connectivity index (χ0) is 20.5. The molecule has 0 aromatic heterocycles. The maximum absolute atomic E-state index is 12.9. The van der Waals surface area contributed by atoms with Crippen LogP contribution in [0.2, 0.25) is 0 Å². The lowest BCUT2D eigenvalue weighted by molar-refractivity contribution is -0.128. The van der Waals surface area contributed by atoms with E-state index < -0.39 is 33.8 Å². The summed E-state index contributed by atoms with van der Waals surface area (Å²) in [4.78, 5) is 36.5. The van der Waals surface area contributed by atoms with Crippen LogP contribution in [0.5, 0.6) is 0 Å². The van der Waals surface area contributed by atoms with Crippen LogP contribution in [0.4, 0.5) is 5.69 Å². The zero-order valence-corrected chi connectivity index (χ0v) is 15.9. The van der Waals surface area contributed by atoms with E-state index in [1.54, 1.807) is 24.3 Å². The summed E-state index contributed by atoms with van der Waals surface area (Å²) in [6, 6.07) is 10.9. The van der Waals surface area contributed by atoms with Gasteiger partial charge in [0.05, 0.1) is 16.1 Å². The van der Waals surface area contributed by atoms with Gasteiger partial charge >= 0.3 is 0 Å². The van der Waals surface area contributed by atoms with Gasteiger partial charge in [0.2, 0.25) is 11.8 Å². The van der Waals surface area contributed by atoms with Crippen molar-refractivity contribution in [1.29, 1.82) is 0 Å². The van der Waals surface area contributed by atoms with Crippen molar-refractivity contribution >= 4 is 33.4 Å². The molecule has 0 radical (unpaired) electrons. The van der Waals surface area contributed by atoms with E-state index in [0.29, 0.717) is 4.31 Å². The number of hydrogen-bond donors (Lipinski definition) is 2. The van der Waals surface area contributed by atoms with Crippen molar-refractivity contribution in [3.05, 3.63) is 59.7 Å². The molecule has 28 heavy (non-hydrogen) atoms. The molecular weight excluding hydrogens is 382 g/mol. The second-order valence-corrected chi connectivity index (χ2v) is 8.28. The molecule has 3 N–H and O–H groups in total. The molecule has 0 saturated carbocycles. The Kier molecular flexibility index (Phi) is 5.19. The molecule has 0 unspecified atom stereocenters. The quantitative estimate of drug-likeness (QED) is 0.783. The van der Waals surface area contributed by atoms with Crippen LogP contribution in [0.15, 0.2) is 53.4 Å². The van der Waals surface area contributed by atoms with Gasteiger partial charge in [0.1, 0.15) is 6.04 Å². The molecule has 1 saturated heterocycles. The maximum Gasteiger partial charge on any atom is 0.267 e. The normalized spacial score (nSPS) is 16.8. The molecule has 0 aliphatic carbocycles. The molecule has 1 fully saturated rings. The zero-order valence-electron chi connectivity index (χ0n) is 15.1. The van der Waals surface area contributed by atoms with Crippen molar-refractivity contribution in [3.8, 4) is 0 Å². The second-order valence-electron chi connectivity index (χ2n) is 6.46. The van der Waals surface area contributed by atoms with E-state index in [-0.39, 0.29) is 29.0 Å². The lowest BCUT2D eigenvalue weighted by atomic mass is 10.1. The fraction of sp³-hybridized carbons (Fsp3) is 0.211. The summed E-state index contributed by atoms with van der Waals surface area (Å²) < 4.78 is 26.5. The summed E-state index contributed by atoms with van der Waals surface area (Å²) in [7, 11) is -4.19. The predicted molar refractivity (Wildman–Crippen MR) is 102 cm³/mol. The van der Waals surface area contributed by atoms with E-state index in [4.69, 9.17) is 5.73 Å². The van der Waals surface area contributed by atoms with Gasteiger partial charge in [-0.15, -0.1) is 0 Å². The molecule has 8 nitrogen and oxygen atoms in total. The lowest BCUT2D eigenvalue weighted by Gasteiger charge is -2.24. The molecule has 1 aliphatic rings. The average Bonchev–Trinajstić information content (AvgIpc) is 3.05. The average molecular weight is 401 g/mol. The Labute approximate surface area is 162 Å². The van der Waals surface area contributed by atoms with Gasteiger partial charge in [-0.1, -0.05) is 29.8 Å². The highest BCUT2D eigenvalue weighted by Crippen LogP contribution is 2.28. The largest absolute Gasteiger partial charge is 0.366 e. The predicted octanol–water partition coefficient (Wildman–Crippen LogP) is 1.41. The first-order valence-corrected chi connectivity index (χ1v) is 9.99. The Morgan fingerprint density at radius 3 is 2.39 bits per heavy atom. The molecule has 2 aromatic carbocycles. The minimum absolute atomic E-state index is 0.0501. The van der Waals surface area contributed by atoms with Crippen LogP contribution in [-0.4, -0.2) is 36.5 Å². The van der Waals surface area contributed by atoms with E-state index in [1.165, 1.54) is 24.3 Å². The summed E-state index contributed by atoms with van der Waals surface area (Å²) in [6.07, 6.45) is -0.0187. The van der Waals surface area contributed by atoms with Crippen LogP contribution in [0, 0.1) is 6.92 Å². The Morgan fingerprint density at radius 2 is 1.75 bits per heavy atom. The topological polar surface area (TPSA) is 127 Å². The van der Waals surface area contributed by atoms with Gasteiger partial charge in [0.25, 0.3) is 15.9 Å². The summed E-state index contributed by atoms with van der Waals surface area (Å²) in [5.41, 5.74) is 6.41. The highest BCUT2D eigenvalue weighted by atomic mass is 32.2. The van der Waals surface area contributed by atoms with E-state index >= 15 is 0 Å². The number of nitrogens with two attached hydrogens (primary N) is 1. The third-order valence-electron chi connectivity index (χ3n) is 4.49. The number of primary amides is 1. The fourth-order valence-electron chi connectivity index (χ4n) is 3.05. The number of anilines is 1. The second kappa shape index (κ2) is 7.43. The van der Waals surface area contributed by atoms with Crippen LogP contribution in [0.1, 0.15) is 28.8 Å². The van der Waals surface area contributed by atoms with Crippen LogP contribution in [0.3, 0.4) is 0 Å². The Hall–Kier alpha value is -3.20. The van der Waals surface area contributed by atoms with E-state index in [1.807, 2.05) is 6.92 Å². The first-order valence-electron chi connectivity index (χ1n) is 8.55. The molecule has 146 valence electrons. The van der Waals surface area contributed by atoms with Gasteiger partial charge in [-0.05, 0) is 37.6 Å². The minimum atomic E-state index is -4.19. The number of benzene rings is 2. The molecule has 3 rings (SSSR count). The van der Waals surface area contributed by atoms with Crippen molar-refractivity contribution in [3.63, 3.8) is 0 Å². The molecule has 0 spiro atoms. The van der Waals surface area contributed by atoms with Gasteiger partial charge < -0.3 is 11.1 Å². The minimum Gasteiger partial charge on any atom is -0.366 e. The first-order chi connectivity index (χ1) is 13.2. The number of sulfonamides is 1. The van der Waals surface area contributed by atoms with E-state index in [9.17, 15) is 22.8 Å². The van der Waals surface area contributed by atoms with Crippen LogP contribution in [0.25, 0.3) is 0 Å². The first kappa shape index (κ1) is 19.6. The van der Waals surface area contributed by atoms with Gasteiger partial charge in [0.15, 0.2) is 0 Å². The van der Waals surface area contributed by atoms with E-state index in [0.717, 1.165) is 5.56 Å². The van der Waals surface area contributed by atoms with Gasteiger partial charge in [0, 0.05) is 6.42 Å². The maximum atomic E-state index is 12.9. The molecule has 0 bridgehead atoms. The third kappa shape index (κ3) is 3.61. The molecule has 2 aromatic rings. The number of para-hydroxylation sites is 1. The monoisotopic (exact) mass is 401 g/mol. The summed E-state index contributed by atoms with van der Waals surface area (Å²) in [6.45, 7) is 1.81. The van der Waals surface area contributed by atoms with Gasteiger partial charge in [-0.2, -0.15) is 0 Å². The molecule has 1 atom stereocenters. The summed E-state index contributed by atoms with van der Waals surface area (Å²) in [5.74, 6) is -2.08. The highest BCUT2D eigenvalue weighted by molar-refractivity contribution is 7.89. The number of aryl methyl sites for hydroxylation is 1. The summed E-state index contributed by atoms with van der Waals surface area (Å²) >= 11 is 0. The number of amides is 3. The molecule has 9 heteroatoms. The third-order valence-corrected chi connectivity index (χ3v) is 6.34. The Balaban J connectivity index is 1.91. The smallest absolute Gasteiger partial charge is 0.267 e. The number of nitrogens with zero attached hydrogens (tertiary/aromatic N) is 1. The van der Waals surface area contributed by atoms with Crippen molar-refractivity contribution in [1.82, 2.24) is 4.31 Å². The molecule has 1 heterocycles. The van der Waals surface area contributed by atoms with Crippen molar-refractivity contribution in [2.45, 2.75) is 30.7 Å². The molecule has 1 aliphatic heterocycles. The number of rotatable bonds is 5. The lowest BCUT2D eigenvalue weighted by Crippen LogP contribution is -2.45. The molecule has 3 amide bonds. The SMILES string of the molecule is Cc1ccc(S(=O)(=O)N2C(=O)CC[C@@H]2C(=O)Nc2ccccc2C(N)=O)cc1. The number of nitrogens with one attached hydrogen (secondary N) is 1. The van der Waals surface area contributed by atoms with Crippen LogP contribution >= 0.6 is 0 Å². The number of carbonyl (C=O) groups is 3. The van der Waals surface area contributed by atoms with Gasteiger partial charge in [-0.25, -0.2) is 12.7 Å². The highest BCUT2D eigenvalue weighted by Gasteiger charge is 2.44. The van der Waals surface area contributed by atoms with E-state index in [2.05, 4.69) is 5.32 Å². The number of hydrogen-bond acceptors (Lipinski definition) is 5. The molecular formula is C19H19N3O5S. The van der Waals surface area contributed by atoms with Gasteiger partial charge in [-0.3, -0.25) is 14.4 Å². The standard InChI is InChI=1S/C19H19N3O5S/c1-12-6-8-13(9-7-12)28(26,27)22-16(10-11-17(22)23)19(25)21-15-5-3-2-4-14(15)18(20)24/h2-9,16H,10-11H2,1H3,(H2,20,24)(H,21,25)/t16-/m1/s1. The van der Waals surface area contributed by atoms with Crippen molar-refractivity contribution < 1.29 is 22.8 Å². The Bertz CT molecular complexity index is 1050. The van der Waals surface area contributed by atoms with Crippen LogP contribution < -0.4 is 11.1 Å². The van der Waals surface area contributed by atoms with Crippen LogP contribution in [-0.2, 0) is 19.6 Å².